The highest BCUT2D eigenvalue weighted by Crippen LogP contribution is 2.36. The first-order chi connectivity index (χ1) is 16.8. The molecule has 0 radical (unpaired) electrons. The predicted molar refractivity (Wildman–Crippen MR) is 131 cm³/mol. The number of hydrogen-bond donors (Lipinski definition) is 2. The molecule has 0 atom stereocenters. The molecule has 2 amide bonds. The zero-order valence-electron chi connectivity index (χ0n) is 18.0. The molecule has 0 aliphatic heterocycles. The molecule has 1 aromatic heterocycles. The summed E-state index contributed by atoms with van der Waals surface area (Å²) >= 11 is 1.39. The Labute approximate surface area is 203 Å². The minimum atomic E-state index is -4.69. The summed E-state index contributed by atoms with van der Waals surface area (Å²) in [6, 6.07) is 18.6. The molecule has 3 aromatic carbocycles. The normalized spacial score (nSPS) is 11.4. The standard InChI is InChI=1S/C26H18F3N3O2S/c27-26(28,29)20-10-6-12-21(32-24(34)17-7-2-1-3-8-17)18(20)13-14-23(33)31-22-11-5-4-9-19(22)25-30-15-16-35-25/h1-16H,(H,31,33)(H,32,34)/b14-13+. The molecule has 0 spiro atoms. The molecular weight excluding hydrogens is 475 g/mol. The molecule has 5 nitrogen and oxygen atoms in total. The van der Waals surface area contributed by atoms with Gasteiger partial charge in [-0.15, -0.1) is 11.3 Å². The van der Waals surface area contributed by atoms with Crippen molar-refractivity contribution in [2.24, 2.45) is 0 Å². The summed E-state index contributed by atoms with van der Waals surface area (Å²) in [5.74, 6) is -1.20. The van der Waals surface area contributed by atoms with Gasteiger partial charge in [-0.05, 0) is 42.5 Å². The molecule has 9 heteroatoms. The third-order valence-corrected chi connectivity index (χ3v) is 5.75. The number of nitrogens with zero attached hydrogens (tertiary/aromatic N) is 1. The van der Waals surface area contributed by atoms with Gasteiger partial charge in [0.1, 0.15) is 5.01 Å². The lowest BCUT2D eigenvalue weighted by atomic mass is 10.0. The number of benzene rings is 3. The topological polar surface area (TPSA) is 71.1 Å². The van der Waals surface area contributed by atoms with E-state index in [0.717, 1.165) is 18.2 Å². The van der Waals surface area contributed by atoms with E-state index in [1.54, 1.807) is 66.2 Å². The number of aromatic nitrogens is 1. The molecule has 4 aromatic rings. The van der Waals surface area contributed by atoms with Crippen molar-refractivity contribution in [1.82, 2.24) is 4.98 Å². The lowest BCUT2D eigenvalue weighted by Crippen LogP contribution is -2.15. The minimum absolute atomic E-state index is 0.0686. The van der Waals surface area contributed by atoms with E-state index in [4.69, 9.17) is 0 Å². The second kappa shape index (κ2) is 10.4. The first-order valence-corrected chi connectivity index (χ1v) is 11.3. The second-order valence-corrected chi connectivity index (χ2v) is 8.18. The van der Waals surface area contributed by atoms with E-state index in [1.165, 1.54) is 23.5 Å². The molecule has 2 N–H and O–H groups in total. The maximum absolute atomic E-state index is 13.7. The Morgan fingerprint density at radius 2 is 1.57 bits per heavy atom. The highest BCUT2D eigenvalue weighted by Gasteiger charge is 2.33. The van der Waals surface area contributed by atoms with Gasteiger partial charge in [-0.2, -0.15) is 13.2 Å². The van der Waals surface area contributed by atoms with Crippen LogP contribution in [-0.2, 0) is 11.0 Å². The summed E-state index contributed by atoms with van der Waals surface area (Å²) in [6.45, 7) is 0. The number of hydrogen-bond acceptors (Lipinski definition) is 4. The van der Waals surface area contributed by atoms with Crippen molar-refractivity contribution in [3.05, 3.63) is 107 Å². The Bertz CT molecular complexity index is 1370. The Hall–Kier alpha value is -4.24. The first kappa shape index (κ1) is 23.9. The largest absolute Gasteiger partial charge is 0.417 e. The maximum Gasteiger partial charge on any atom is 0.417 e. The van der Waals surface area contributed by atoms with Crippen molar-refractivity contribution in [2.75, 3.05) is 10.6 Å². The van der Waals surface area contributed by atoms with E-state index >= 15 is 0 Å². The Morgan fingerprint density at radius 3 is 2.29 bits per heavy atom. The number of carbonyl (C=O) groups is 2. The third-order valence-electron chi connectivity index (χ3n) is 4.94. The molecule has 1 heterocycles. The molecule has 176 valence electrons. The van der Waals surface area contributed by atoms with Gasteiger partial charge in [0.25, 0.3) is 5.91 Å². The lowest BCUT2D eigenvalue weighted by molar-refractivity contribution is -0.137. The lowest BCUT2D eigenvalue weighted by Gasteiger charge is -2.15. The minimum Gasteiger partial charge on any atom is -0.322 e. The van der Waals surface area contributed by atoms with Crippen molar-refractivity contribution >= 4 is 40.6 Å². The highest BCUT2D eigenvalue weighted by molar-refractivity contribution is 7.13. The van der Waals surface area contributed by atoms with Crippen LogP contribution in [0.4, 0.5) is 24.5 Å². The third kappa shape index (κ3) is 5.82. The molecule has 0 saturated carbocycles. The van der Waals surface area contributed by atoms with E-state index in [1.807, 2.05) is 0 Å². The Kier molecular flexibility index (Phi) is 7.07. The van der Waals surface area contributed by atoms with Crippen molar-refractivity contribution in [1.29, 1.82) is 0 Å². The zero-order valence-corrected chi connectivity index (χ0v) is 18.9. The molecular formula is C26H18F3N3O2S. The van der Waals surface area contributed by atoms with Crippen molar-refractivity contribution in [3.8, 4) is 10.6 Å². The number of nitrogens with one attached hydrogen (secondary N) is 2. The molecule has 35 heavy (non-hydrogen) atoms. The van der Waals surface area contributed by atoms with Crippen molar-refractivity contribution in [2.45, 2.75) is 6.18 Å². The van der Waals surface area contributed by atoms with Gasteiger partial charge in [-0.25, -0.2) is 4.98 Å². The summed E-state index contributed by atoms with van der Waals surface area (Å²) < 4.78 is 41.2. The van der Waals surface area contributed by atoms with E-state index in [0.29, 0.717) is 16.3 Å². The van der Waals surface area contributed by atoms with Gasteiger partial charge in [-0.3, -0.25) is 9.59 Å². The quantitative estimate of drug-likeness (QED) is 0.293. The number of anilines is 2. The Balaban J connectivity index is 1.62. The number of halogens is 3. The number of rotatable bonds is 6. The molecule has 0 aliphatic rings. The van der Waals surface area contributed by atoms with Crippen LogP contribution in [0.5, 0.6) is 0 Å². The van der Waals surface area contributed by atoms with Crippen LogP contribution in [0, 0.1) is 0 Å². The fourth-order valence-corrected chi connectivity index (χ4v) is 4.03. The number of thiazole rings is 1. The molecule has 0 saturated heterocycles. The van der Waals surface area contributed by atoms with Crippen LogP contribution >= 0.6 is 11.3 Å². The van der Waals surface area contributed by atoms with Crippen LogP contribution < -0.4 is 10.6 Å². The van der Waals surface area contributed by atoms with E-state index < -0.39 is 23.6 Å². The summed E-state index contributed by atoms with van der Waals surface area (Å²) in [7, 11) is 0. The van der Waals surface area contributed by atoms with Crippen LogP contribution in [0.1, 0.15) is 21.5 Å². The number of alkyl halides is 3. The smallest absolute Gasteiger partial charge is 0.322 e. The SMILES string of the molecule is O=C(/C=C/c1c(NC(=O)c2ccccc2)cccc1C(F)(F)F)Nc1ccccc1-c1nccs1. The number of carbonyl (C=O) groups excluding carboxylic acids is 2. The first-order valence-electron chi connectivity index (χ1n) is 10.4. The van der Waals surface area contributed by atoms with Crippen molar-refractivity contribution in [3.63, 3.8) is 0 Å². The highest BCUT2D eigenvalue weighted by atomic mass is 32.1. The summed E-state index contributed by atoms with van der Waals surface area (Å²) in [5, 5.41) is 7.69. The van der Waals surface area contributed by atoms with Gasteiger partial charge < -0.3 is 10.6 Å². The zero-order chi connectivity index (χ0) is 24.8. The second-order valence-electron chi connectivity index (χ2n) is 7.29. The fourth-order valence-electron chi connectivity index (χ4n) is 3.35. The average Bonchev–Trinajstić information content (AvgIpc) is 3.38. The van der Waals surface area contributed by atoms with Crippen molar-refractivity contribution < 1.29 is 22.8 Å². The maximum atomic E-state index is 13.7. The van der Waals surface area contributed by atoms with Gasteiger partial charge in [0.2, 0.25) is 5.91 Å². The van der Waals surface area contributed by atoms with Crippen LogP contribution in [0.25, 0.3) is 16.6 Å². The summed E-state index contributed by atoms with van der Waals surface area (Å²) in [4.78, 5) is 29.4. The molecule has 0 unspecified atom stereocenters. The molecule has 0 bridgehead atoms. The Morgan fingerprint density at radius 1 is 0.857 bits per heavy atom. The molecule has 4 rings (SSSR count). The summed E-state index contributed by atoms with van der Waals surface area (Å²) in [5.41, 5.74) is 0.0788. The van der Waals surface area contributed by atoms with Gasteiger partial charge in [0.15, 0.2) is 0 Å². The predicted octanol–water partition coefficient (Wildman–Crippen LogP) is 6.73. The molecule has 0 fully saturated rings. The van der Waals surface area contributed by atoms with E-state index in [2.05, 4.69) is 15.6 Å². The van der Waals surface area contributed by atoms with Gasteiger partial charge in [0, 0.05) is 40.0 Å². The van der Waals surface area contributed by atoms with E-state index in [-0.39, 0.29) is 16.8 Å². The van der Waals surface area contributed by atoms with Crippen LogP contribution in [0.15, 0.2) is 90.4 Å². The summed E-state index contributed by atoms with van der Waals surface area (Å²) in [6.07, 6.45) is -1.01. The average molecular weight is 494 g/mol. The number of para-hydroxylation sites is 1. The van der Waals surface area contributed by atoms with Gasteiger partial charge in [-0.1, -0.05) is 36.4 Å². The monoisotopic (exact) mass is 493 g/mol. The van der Waals surface area contributed by atoms with Crippen LogP contribution in [-0.4, -0.2) is 16.8 Å². The molecule has 0 aliphatic carbocycles. The van der Waals surface area contributed by atoms with Gasteiger partial charge >= 0.3 is 6.18 Å². The number of amides is 2. The fraction of sp³-hybridized carbons (Fsp3) is 0.0385. The van der Waals surface area contributed by atoms with E-state index in [9.17, 15) is 22.8 Å². The van der Waals surface area contributed by atoms with Gasteiger partial charge in [0.05, 0.1) is 11.3 Å². The van der Waals surface area contributed by atoms with Crippen LogP contribution in [0.2, 0.25) is 0 Å². The van der Waals surface area contributed by atoms with Crippen LogP contribution in [0.3, 0.4) is 0 Å².